The Bertz CT molecular complexity index is 1010. The van der Waals surface area contributed by atoms with Crippen molar-refractivity contribution in [1.29, 1.82) is 0 Å². The molecule has 0 radical (unpaired) electrons. The molecular formula is C30H48O8. The van der Waals surface area contributed by atoms with Gasteiger partial charge in [0, 0.05) is 11.3 Å². The summed E-state index contributed by atoms with van der Waals surface area (Å²) in [6, 6.07) is 0. The number of allylic oxidation sites excluding steroid dienone is 1. The monoisotopic (exact) mass is 536 g/mol. The van der Waals surface area contributed by atoms with E-state index in [2.05, 4.69) is 20.8 Å². The Balaban J connectivity index is 1.49. The van der Waals surface area contributed by atoms with Crippen LogP contribution in [0.15, 0.2) is 11.6 Å². The second kappa shape index (κ2) is 8.81. The van der Waals surface area contributed by atoms with Crippen molar-refractivity contribution in [3.05, 3.63) is 11.6 Å². The van der Waals surface area contributed by atoms with E-state index in [1.54, 1.807) is 13.0 Å². The van der Waals surface area contributed by atoms with Gasteiger partial charge in [0.1, 0.15) is 0 Å². The van der Waals surface area contributed by atoms with Crippen molar-refractivity contribution in [2.24, 2.45) is 28.6 Å². The quantitative estimate of drug-likeness (QED) is 0.362. The van der Waals surface area contributed by atoms with E-state index in [9.17, 15) is 30.3 Å². The van der Waals surface area contributed by atoms with Crippen molar-refractivity contribution in [2.75, 3.05) is 6.61 Å². The zero-order valence-corrected chi connectivity index (χ0v) is 23.9. The van der Waals surface area contributed by atoms with Gasteiger partial charge in [0.2, 0.25) is 0 Å². The van der Waals surface area contributed by atoms with E-state index in [1.807, 2.05) is 13.8 Å². The number of fused-ring (bicyclic) bond motifs is 5. The number of hydrogen-bond acceptors (Lipinski definition) is 8. The number of hydrogen-bond donors (Lipinski definition) is 5. The predicted molar refractivity (Wildman–Crippen MR) is 140 cm³/mol. The summed E-state index contributed by atoms with van der Waals surface area (Å²) in [5, 5.41) is 53.5. The summed E-state index contributed by atoms with van der Waals surface area (Å²) in [6.45, 7) is 11.3. The number of ether oxygens (including phenoxy) is 2. The number of aliphatic hydroxyl groups excluding tert-OH is 3. The Morgan fingerprint density at radius 2 is 1.74 bits per heavy atom. The summed E-state index contributed by atoms with van der Waals surface area (Å²) in [4.78, 5) is 13.5. The Labute approximate surface area is 226 Å². The number of carbonyl (C=O) groups excluding carboxylic acids is 1. The van der Waals surface area contributed by atoms with E-state index in [-0.39, 0.29) is 42.7 Å². The first-order valence-corrected chi connectivity index (χ1v) is 14.5. The third-order valence-electron chi connectivity index (χ3n) is 11.6. The van der Waals surface area contributed by atoms with Crippen LogP contribution in [0.1, 0.15) is 92.9 Å². The standard InChI is InChI=1S/C30H48O8/c1-25(2)37-24(9-10-26(3,35)16-31)29(6,38-25)23-8-12-30(36)18-13-20(32)19-14-21(33)22(34)15-27(19,4)17(18)7-11-28(23,30)5/h13,17,19,21-24,31,33-36H,7-12,14-16H2,1-6H3. The van der Waals surface area contributed by atoms with Gasteiger partial charge in [0.15, 0.2) is 11.6 Å². The summed E-state index contributed by atoms with van der Waals surface area (Å²) in [6.07, 6.45) is 3.77. The molecule has 4 aliphatic carbocycles. The molecule has 1 aliphatic heterocycles. The highest BCUT2D eigenvalue weighted by atomic mass is 16.8. The highest BCUT2D eigenvalue weighted by Crippen LogP contribution is 2.69. The number of ketones is 1. The summed E-state index contributed by atoms with van der Waals surface area (Å²) in [5.41, 5.74) is -3.42. The highest BCUT2D eigenvalue weighted by molar-refractivity contribution is 5.95. The predicted octanol–water partition coefficient (Wildman–Crippen LogP) is 2.62. The highest BCUT2D eigenvalue weighted by Gasteiger charge is 2.71. The molecule has 5 rings (SSSR count). The summed E-state index contributed by atoms with van der Waals surface area (Å²) < 4.78 is 13.0. The molecule has 216 valence electrons. The van der Waals surface area contributed by atoms with Crippen molar-refractivity contribution in [1.82, 2.24) is 0 Å². The van der Waals surface area contributed by atoms with Crippen molar-refractivity contribution in [3.63, 3.8) is 0 Å². The molecule has 4 fully saturated rings. The molecule has 8 heteroatoms. The van der Waals surface area contributed by atoms with Crippen molar-refractivity contribution >= 4 is 5.78 Å². The molecule has 0 amide bonds. The fourth-order valence-corrected chi connectivity index (χ4v) is 9.53. The Morgan fingerprint density at radius 1 is 1.05 bits per heavy atom. The molecule has 0 aromatic rings. The van der Waals surface area contributed by atoms with Gasteiger partial charge in [-0.25, -0.2) is 0 Å². The third kappa shape index (κ3) is 4.00. The van der Waals surface area contributed by atoms with Gasteiger partial charge >= 0.3 is 0 Å². The lowest BCUT2D eigenvalue weighted by Gasteiger charge is -2.60. The van der Waals surface area contributed by atoms with Gasteiger partial charge in [-0.3, -0.25) is 4.79 Å². The average Bonchev–Trinajstić information content (AvgIpc) is 3.23. The molecule has 5 N–H and O–H groups in total. The van der Waals surface area contributed by atoms with Crippen LogP contribution in [0.4, 0.5) is 0 Å². The van der Waals surface area contributed by atoms with Crippen molar-refractivity contribution in [2.45, 2.75) is 134 Å². The Hall–Kier alpha value is -0.870. The molecule has 0 aromatic carbocycles. The van der Waals surface area contributed by atoms with Crippen LogP contribution in [0.25, 0.3) is 0 Å². The van der Waals surface area contributed by atoms with Crippen LogP contribution >= 0.6 is 0 Å². The molecule has 11 unspecified atom stereocenters. The van der Waals surface area contributed by atoms with Crippen LogP contribution in [0.2, 0.25) is 0 Å². The van der Waals surface area contributed by atoms with Crippen molar-refractivity contribution < 1.29 is 39.8 Å². The van der Waals surface area contributed by atoms with Gasteiger partial charge in [0.05, 0.1) is 41.7 Å². The molecule has 3 saturated carbocycles. The fourth-order valence-electron chi connectivity index (χ4n) is 9.53. The third-order valence-corrected chi connectivity index (χ3v) is 11.6. The molecule has 8 nitrogen and oxygen atoms in total. The van der Waals surface area contributed by atoms with Crippen LogP contribution in [-0.2, 0) is 14.3 Å². The minimum absolute atomic E-state index is 0.0374. The zero-order valence-electron chi connectivity index (χ0n) is 23.9. The smallest absolute Gasteiger partial charge is 0.164 e. The Morgan fingerprint density at radius 3 is 2.39 bits per heavy atom. The van der Waals surface area contributed by atoms with Crippen LogP contribution in [0, 0.1) is 28.6 Å². The van der Waals surface area contributed by atoms with E-state index in [0.29, 0.717) is 32.1 Å². The molecule has 0 aromatic heterocycles. The zero-order chi connectivity index (χ0) is 28.1. The van der Waals surface area contributed by atoms with Crippen LogP contribution < -0.4 is 0 Å². The van der Waals surface area contributed by atoms with E-state index in [0.717, 1.165) is 18.4 Å². The molecule has 5 aliphatic rings. The maximum Gasteiger partial charge on any atom is 0.164 e. The molecule has 38 heavy (non-hydrogen) atoms. The lowest BCUT2D eigenvalue weighted by molar-refractivity contribution is -0.191. The lowest BCUT2D eigenvalue weighted by Crippen LogP contribution is -2.62. The number of aliphatic hydroxyl groups is 5. The second-order valence-corrected chi connectivity index (χ2v) is 14.6. The lowest BCUT2D eigenvalue weighted by atomic mass is 9.45. The number of carbonyl (C=O) groups is 1. The van der Waals surface area contributed by atoms with Gasteiger partial charge in [-0.1, -0.05) is 13.8 Å². The van der Waals surface area contributed by atoms with E-state index in [1.165, 1.54) is 0 Å². The topological polar surface area (TPSA) is 137 Å². The second-order valence-electron chi connectivity index (χ2n) is 14.6. The first-order chi connectivity index (χ1) is 17.4. The average molecular weight is 537 g/mol. The largest absolute Gasteiger partial charge is 0.393 e. The first kappa shape index (κ1) is 28.7. The molecule has 1 saturated heterocycles. The van der Waals surface area contributed by atoms with Gasteiger partial charge in [-0.05, 0) is 108 Å². The minimum Gasteiger partial charge on any atom is -0.393 e. The number of rotatable bonds is 5. The summed E-state index contributed by atoms with van der Waals surface area (Å²) in [5.74, 6) is -1.34. The van der Waals surface area contributed by atoms with E-state index in [4.69, 9.17) is 9.47 Å². The molecule has 11 atom stereocenters. The molecule has 0 bridgehead atoms. The van der Waals surface area contributed by atoms with E-state index >= 15 is 0 Å². The maximum absolute atomic E-state index is 13.5. The molecular weight excluding hydrogens is 488 g/mol. The molecule has 1 heterocycles. The summed E-state index contributed by atoms with van der Waals surface area (Å²) >= 11 is 0. The van der Waals surface area contributed by atoms with Crippen LogP contribution in [-0.4, -0.2) is 78.8 Å². The van der Waals surface area contributed by atoms with Crippen molar-refractivity contribution in [3.8, 4) is 0 Å². The normalized spacial score (nSPS) is 51.6. The Kier molecular flexibility index (Phi) is 6.64. The van der Waals surface area contributed by atoms with E-state index < -0.39 is 45.6 Å². The van der Waals surface area contributed by atoms with Gasteiger partial charge in [0.25, 0.3) is 0 Å². The summed E-state index contributed by atoms with van der Waals surface area (Å²) in [7, 11) is 0. The first-order valence-electron chi connectivity index (χ1n) is 14.5. The molecule has 0 spiro atoms. The van der Waals surface area contributed by atoms with Gasteiger partial charge < -0.3 is 35.0 Å². The van der Waals surface area contributed by atoms with Gasteiger partial charge in [-0.2, -0.15) is 0 Å². The maximum atomic E-state index is 13.5. The van der Waals surface area contributed by atoms with Gasteiger partial charge in [-0.15, -0.1) is 0 Å². The fraction of sp³-hybridized carbons (Fsp3) is 0.900. The minimum atomic E-state index is -1.22. The SMILES string of the molecule is CC(O)(CO)CCC1OC(C)(C)OC1(C)C1CCC2(O)C3=CC(=O)C4CC(O)C(O)CC4(C)C3CCC12C. The van der Waals surface area contributed by atoms with Crippen LogP contribution in [0.5, 0.6) is 0 Å². The van der Waals surface area contributed by atoms with Crippen LogP contribution in [0.3, 0.4) is 0 Å².